The third-order valence-electron chi connectivity index (χ3n) is 6.58. The Bertz CT molecular complexity index is 1780. The number of hydrogen-bond donors (Lipinski definition) is 1. The number of rotatable bonds is 2. The molecule has 0 spiro atoms. The first-order valence-corrected chi connectivity index (χ1v) is 11.1. The van der Waals surface area contributed by atoms with Crippen LogP contribution in [0.5, 0.6) is 5.75 Å². The molecule has 0 radical (unpaired) electrons. The van der Waals surface area contributed by atoms with E-state index in [-0.39, 0.29) is 5.75 Å². The molecule has 0 aliphatic carbocycles. The lowest BCUT2D eigenvalue weighted by Crippen LogP contribution is -1.98. The van der Waals surface area contributed by atoms with Crippen LogP contribution in [0.15, 0.2) is 115 Å². The van der Waals surface area contributed by atoms with Crippen LogP contribution in [-0.2, 0) is 0 Å². The minimum absolute atomic E-state index is 0.269. The molecule has 33 heavy (non-hydrogen) atoms. The first-order valence-electron chi connectivity index (χ1n) is 11.1. The van der Waals surface area contributed by atoms with Crippen LogP contribution in [0.3, 0.4) is 0 Å². The van der Waals surface area contributed by atoms with E-state index in [9.17, 15) is 5.11 Å². The molecule has 0 fully saturated rings. The molecule has 0 bridgehead atoms. The minimum atomic E-state index is 0.269. The molecule has 0 atom stereocenters. The van der Waals surface area contributed by atoms with Gasteiger partial charge in [-0.1, -0.05) is 60.7 Å². The lowest BCUT2D eigenvalue weighted by atomic mass is 10.1. The fraction of sp³-hybridized carbons (Fsp3) is 0. The molecule has 0 saturated heterocycles. The number of nitrogens with zero attached hydrogens (tertiary/aromatic N) is 2. The van der Waals surface area contributed by atoms with Gasteiger partial charge in [-0.15, -0.1) is 0 Å². The summed E-state index contributed by atoms with van der Waals surface area (Å²) in [6, 6.07) is 39.8. The quantitative estimate of drug-likeness (QED) is 0.304. The predicted molar refractivity (Wildman–Crippen MR) is 137 cm³/mol. The summed E-state index contributed by atoms with van der Waals surface area (Å²) in [5, 5.41) is 15.1. The normalized spacial score (nSPS) is 11.8. The van der Waals surface area contributed by atoms with Gasteiger partial charge in [-0.05, 0) is 48.5 Å². The monoisotopic (exact) mass is 424 g/mol. The van der Waals surface area contributed by atoms with Crippen molar-refractivity contribution in [2.45, 2.75) is 0 Å². The zero-order valence-electron chi connectivity index (χ0n) is 17.8. The molecule has 3 heteroatoms. The average molecular weight is 425 g/mol. The van der Waals surface area contributed by atoms with Crippen LogP contribution in [0.25, 0.3) is 55.0 Å². The lowest BCUT2D eigenvalue weighted by Gasteiger charge is -2.12. The molecule has 2 aromatic heterocycles. The fourth-order valence-electron chi connectivity index (χ4n) is 5.21. The third-order valence-corrected chi connectivity index (χ3v) is 6.58. The van der Waals surface area contributed by atoms with Crippen molar-refractivity contribution in [2.75, 3.05) is 0 Å². The number of aromatic nitrogens is 2. The predicted octanol–water partition coefficient (Wildman–Crippen LogP) is 7.59. The van der Waals surface area contributed by atoms with Gasteiger partial charge >= 0.3 is 0 Å². The fourth-order valence-corrected chi connectivity index (χ4v) is 5.21. The van der Waals surface area contributed by atoms with E-state index in [1.165, 1.54) is 27.2 Å². The maximum absolute atomic E-state index is 10.3. The average Bonchev–Trinajstić information content (AvgIpc) is 3.37. The van der Waals surface area contributed by atoms with Crippen molar-refractivity contribution in [3.63, 3.8) is 0 Å². The van der Waals surface area contributed by atoms with Crippen LogP contribution in [0.4, 0.5) is 0 Å². The van der Waals surface area contributed by atoms with Crippen LogP contribution in [-0.4, -0.2) is 14.2 Å². The first kappa shape index (κ1) is 18.1. The number of phenols is 1. The first-order chi connectivity index (χ1) is 16.3. The van der Waals surface area contributed by atoms with Crippen LogP contribution in [0.1, 0.15) is 0 Å². The summed E-state index contributed by atoms with van der Waals surface area (Å²) >= 11 is 0. The highest BCUT2D eigenvalue weighted by atomic mass is 16.3. The molecular weight excluding hydrogens is 404 g/mol. The number of hydrogen-bond acceptors (Lipinski definition) is 1. The molecule has 7 rings (SSSR count). The zero-order chi connectivity index (χ0) is 21.9. The van der Waals surface area contributed by atoms with Gasteiger partial charge in [0.1, 0.15) is 5.75 Å². The summed E-state index contributed by atoms with van der Waals surface area (Å²) in [6.45, 7) is 0. The summed E-state index contributed by atoms with van der Waals surface area (Å²) < 4.78 is 4.57. The van der Waals surface area contributed by atoms with Gasteiger partial charge in [0.2, 0.25) is 0 Å². The Hall–Kier alpha value is -4.50. The molecule has 156 valence electrons. The van der Waals surface area contributed by atoms with Crippen LogP contribution in [0.2, 0.25) is 0 Å². The highest BCUT2D eigenvalue weighted by molar-refractivity contribution is 6.10. The number of fused-ring (bicyclic) bond motifs is 6. The van der Waals surface area contributed by atoms with Crippen molar-refractivity contribution in [3.8, 4) is 17.1 Å². The molecule has 0 saturated carbocycles. The molecule has 1 N–H and O–H groups in total. The molecule has 2 heterocycles. The Kier molecular flexibility index (Phi) is 3.70. The van der Waals surface area contributed by atoms with Gasteiger partial charge < -0.3 is 14.2 Å². The number of benzene rings is 5. The molecule has 0 aliphatic heterocycles. The topological polar surface area (TPSA) is 30.1 Å². The molecule has 3 nitrogen and oxygen atoms in total. The second-order valence-corrected chi connectivity index (χ2v) is 8.44. The second kappa shape index (κ2) is 6.75. The van der Waals surface area contributed by atoms with E-state index < -0.39 is 0 Å². The van der Waals surface area contributed by atoms with Crippen LogP contribution < -0.4 is 0 Å². The lowest BCUT2D eigenvalue weighted by molar-refractivity contribution is 0.476. The maximum Gasteiger partial charge on any atom is 0.117 e. The largest absolute Gasteiger partial charge is 0.508 e. The van der Waals surface area contributed by atoms with Crippen molar-refractivity contribution in [3.05, 3.63) is 115 Å². The van der Waals surface area contributed by atoms with E-state index in [0.717, 1.165) is 27.8 Å². The minimum Gasteiger partial charge on any atom is -0.508 e. The highest BCUT2D eigenvalue weighted by Crippen LogP contribution is 2.36. The Morgan fingerprint density at radius 2 is 0.848 bits per heavy atom. The van der Waals surface area contributed by atoms with Crippen molar-refractivity contribution in [1.82, 2.24) is 9.13 Å². The van der Waals surface area contributed by atoms with Crippen LogP contribution in [0, 0.1) is 0 Å². The Morgan fingerprint density at radius 3 is 1.39 bits per heavy atom. The second-order valence-electron chi connectivity index (χ2n) is 8.44. The van der Waals surface area contributed by atoms with Crippen molar-refractivity contribution in [2.24, 2.45) is 0 Å². The highest BCUT2D eigenvalue weighted by Gasteiger charge is 2.15. The smallest absolute Gasteiger partial charge is 0.117 e. The van der Waals surface area contributed by atoms with Gasteiger partial charge in [0, 0.05) is 39.0 Å². The third kappa shape index (κ3) is 2.56. The Labute approximate surface area is 190 Å². The van der Waals surface area contributed by atoms with Crippen molar-refractivity contribution >= 4 is 43.6 Å². The zero-order valence-corrected chi connectivity index (χ0v) is 17.8. The number of aromatic hydroxyl groups is 1. The molecule has 7 aromatic rings. The molecule has 5 aromatic carbocycles. The maximum atomic E-state index is 10.3. The standard InChI is InChI=1S/C30H20N2O/c33-22-16-17-26-25-12-3-6-15-29(25)32(30(26)19-22)21-9-7-8-20(18-21)31-27-13-4-1-10-23(27)24-11-2-5-14-28(24)31/h1-19,33H. The van der Waals surface area contributed by atoms with E-state index in [0.29, 0.717) is 0 Å². The Balaban J connectivity index is 1.56. The molecule has 0 aliphatic rings. The van der Waals surface area contributed by atoms with E-state index >= 15 is 0 Å². The molecule has 0 amide bonds. The van der Waals surface area contributed by atoms with Crippen molar-refractivity contribution in [1.29, 1.82) is 0 Å². The number of para-hydroxylation sites is 3. The molecular formula is C30H20N2O. The SMILES string of the molecule is Oc1ccc2c3ccccc3n(-c3cccc(-n4c5ccccc5c5ccccc54)c3)c2c1. The van der Waals surface area contributed by atoms with E-state index in [4.69, 9.17) is 0 Å². The summed E-state index contributed by atoms with van der Waals surface area (Å²) in [7, 11) is 0. The van der Waals surface area contributed by atoms with Gasteiger partial charge in [0.25, 0.3) is 0 Å². The van der Waals surface area contributed by atoms with Gasteiger partial charge in [0.05, 0.1) is 22.1 Å². The van der Waals surface area contributed by atoms with Gasteiger partial charge in [-0.2, -0.15) is 0 Å². The van der Waals surface area contributed by atoms with E-state index in [1.54, 1.807) is 6.07 Å². The van der Waals surface area contributed by atoms with Gasteiger partial charge in [-0.3, -0.25) is 0 Å². The van der Waals surface area contributed by atoms with E-state index in [1.807, 2.05) is 12.1 Å². The van der Waals surface area contributed by atoms with Gasteiger partial charge in [-0.25, -0.2) is 0 Å². The van der Waals surface area contributed by atoms with Crippen molar-refractivity contribution < 1.29 is 5.11 Å². The molecule has 0 unspecified atom stereocenters. The van der Waals surface area contributed by atoms with Crippen LogP contribution >= 0.6 is 0 Å². The van der Waals surface area contributed by atoms with E-state index in [2.05, 4.69) is 106 Å². The summed E-state index contributed by atoms with van der Waals surface area (Å²) in [6.07, 6.45) is 0. The summed E-state index contributed by atoms with van der Waals surface area (Å²) in [5.74, 6) is 0.269. The summed E-state index contributed by atoms with van der Waals surface area (Å²) in [5.41, 5.74) is 6.67. The summed E-state index contributed by atoms with van der Waals surface area (Å²) in [4.78, 5) is 0. The number of phenolic OH excluding ortho intramolecular Hbond substituents is 1. The Morgan fingerprint density at radius 1 is 0.394 bits per heavy atom. The van der Waals surface area contributed by atoms with Gasteiger partial charge in [0.15, 0.2) is 0 Å².